The Morgan fingerprint density at radius 1 is 1.46 bits per heavy atom. The number of halogens is 1. The average Bonchev–Trinajstić information content (AvgIpc) is 2.94. The summed E-state index contributed by atoms with van der Waals surface area (Å²) in [6, 6.07) is 0. The number of alkyl halides is 1. The predicted molar refractivity (Wildman–Crippen MR) is 57.0 cm³/mol. The van der Waals surface area contributed by atoms with Crippen LogP contribution in [0.25, 0.3) is 0 Å². The Labute approximate surface area is 88.0 Å². The number of carbonyl (C=O) groups excluding carboxylic acids is 1. The van der Waals surface area contributed by atoms with Crippen molar-refractivity contribution in [1.82, 2.24) is 10.2 Å². The van der Waals surface area contributed by atoms with E-state index in [4.69, 9.17) is 0 Å². The van der Waals surface area contributed by atoms with Crippen molar-refractivity contribution < 1.29 is 4.79 Å². The summed E-state index contributed by atoms with van der Waals surface area (Å²) >= 11 is 3.34. The van der Waals surface area contributed by atoms with Crippen molar-refractivity contribution in [2.75, 3.05) is 31.5 Å². The van der Waals surface area contributed by atoms with E-state index >= 15 is 0 Å². The molecule has 13 heavy (non-hydrogen) atoms. The van der Waals surface area contributed by atoms with Gasteiger partial charge < -0.3 is 10.2 Å². The van der Waals surface area contributed by atoms with Crippen molar-refractivity contribution in [3.63, 3.8) is 0 Å². The number of carbonyl (C=O) groups is 1. The number of hydrogen-bond donors (Lipinski definition) is 1. The van der Waals surface area contributed by atoms with Gasteiger partial charge in [-0.1, -0.05) is 15.9 Å². The van der Waals surface area contributed by atoms with Crippen molar-refractivity contribution in [1.29, 1.82) is 0 Å². The third kappa shape index (κ3) is 5.26. The molecule has 1 saturated carbocycles. The summed E-state index contributed by atoms with van der Waals surface area (Å²) in [5.41, 5.74) is 0. The van der Waals surface area contributed by atoms with Gasteiger partial charge in [0.2, 0.25) is 6.41 Å². The van der Waals surface area contributed by atoms with Crippen molar-refractivity contribution in [2.45, 2.75) is 12.8 Å². The number of amides is 1. The third-order valence-electron chi connectivity index (χ3n) is 2.19. The molecule has 0 radical (unpaired) electrons. The topological polar surface area (TPSA) is 32.3 Å². The van der Waals surface area contributed by atoms with Crippen molar-refractivity contribution in [3.05, 3.63) is 0 Å². The van der Waals surface area contributed by atoms with E-state index < -0.39 is 0 Å². The predicted octanol–water partition coefficient (Wildman–Crippen LogP) is 0.839. The molecular formula is C9H17BrN2O. The van der Waals surface area contributed by atoms with Gasteiger partial charge in [-0.2, -0.15) is 0 Å². The monoisotopic (exact) mass is 248 g/mol. The number of nitrogens with zero attached hydrogens (tertiary/aromatic N) is 1. The lowest BCUT2D eigenvalue weighted by atomic mass is 10.4. The summed E-state index contributed by atoms with van der Waals surface area (Å²) in [6.07, 6.45) is 3.58. The van der Waals surface area contributed by atoms with Crippen LogP contribution >= 0.6 is 15.9 Å². The molecule has 76 valence electrons. The Kier molecular flexibility index (Phi) is 5.39. The van der Waals surface area contributed by atoms with Gasteiger partial charge in [0.1, 0.15) is 0 Å². The Morgan fingerprint density at radius 2 is 2.23 bits per heavy atom. The van der Waals surface area contributed by atoms with Crippen LogP contribution in [0.4, 0.5) is 0 Å². The highest BCUT2D eigenvalue weighted by Crippen LogP contribution is 2.29. The molecule has 1 amide bonds. The fourth-order valence-corrected chi connectivity index (χ4v) is 1.51. The van der Waals surface area contributed by atoms with E-state index in [-0.39, 0.29) is 0 Å². The molecule has 0 saturated heterocycles. The zero-order valence-corrected chi connectivity index (χ0v) is 9.42. The van der Waals surface area contributed by atoms with Gasteiger partial charge in [0.15, 0.2) is 0 Å². The molecule has 4 heteroatoms. The van der Waals surface area contributed by atoms with Crippen LogP contribution in [0.2, 0.25) is 0 Å². The van der Waals surface area contributed by atoms with Crippen LogP contribution in [0.1, 0.15) is 12.8 Å². The van der Waals surface area contributed by atoms with Crippen molar-refractivity contribution >= 4 is 22.3 Å². The number of nitrogens with one attached hydrogen (secondary N) is 1. The molecule has 0 aromatic carbocycles. The van der Waals surface area contributed by atoms with Crippen molar-refractivity contribution in [3.8, 4) is 0 Å². The van der Waals surface area contributed by atoms with E-state index in [9.17, 15) is 4.79 Å². The smallest absolute Gasteiger partial charge is 0.209 e. The zero-order chi connectivity index (χ0) is 9.52. The van der Waals surface area contributed by atoms with E-state index in [0.717, 1.165) is 43.8 Å². The fraction of sp³-hybridized carbons (Fsp3) is 0.889. The second kappa shape index (κ2) is 6.38. The van der Waals surface area contributed by atoms with E-state index in [1.54, 1.807) is 0 Å². The van der Waals surface area contributed by atoms with Crippen LogP contribution in [-0.4, -0.2) is 42.8 Å². The molecule has 1 aliphatic carbocycles. The summed E-state index contributed by atoms with van der Waals surface area (Å²) in [5.74, 6) is 0.793. The molecule has 0 spiro atoms. The van der Waals surface area contributed by atoms with Gasteiger partial charge in [0.05, 0.1) is 0 Å². The molecule has 0 aliphatic heterocycles. The van der Waals surface area contributed by atoms with Gasteiger partial charge in [-0.25, -0.2) is 0 Å². The second-order valence-electron chi connectivity index (χ2n) is 3.48. The molecule has 1 rings (SSSR count). The van der Waals surface area contributed by atoms with E-state index in [1.165, 1.54) is 12.8 Å². The summed E-state index contributed by atoms with van der Waals surface area (Å²) < 4.78 is 0. The normalized spacial score (nSPS) is 15.8. The Morgan fingerprint density at radius 3 is 2.77 bits per heavy atom. The highest BCUT2D eigenvalue weighted by molar-refractivity contribution is 9.09. The van der Waals surface area contributed by atoms with Crippen LogP contribution in [0, 0.1) is 5.92 Å². The molecule has 0 heterocycles. The number of rotatable bonds is 8. The van der Waals surface area contributed by atoms with Crippen LogP contribution in [0.3, 0.4) is 0 Å². The summed E-state index contributed by atoms with van der Waals surface area (Å²) in [6.45, 7) is 3.67. The van der Waals surface area contributed by atoms with E-state index in [2.05, 4.69) is 21.2 Å². The lowest BCUT2D eigenvalue weighted by Crippen LogP contribution is -2.33. The second-order valence-corrected chi connectivity index (χ2v) is 4.28. The minimum atomic E-state index is 0.793. The Bertz CT molecular complexity index is 151. The van der Waals surface area contributed by atoms with Gasteiger partial charge in [-0.15, -0.1) is 0 Å². The highest BCUT2D eigenvalue weighted by Gasteiger charge is 2.23. The zero-order valence-electron chi connectivity index (χ0n) is 7.84. The molecule has 0 aromatic rings. The maximum absolute atomic E-state index is 10.6. The minimum absolute atomic E-state index is 0.793. The molecular weight excluding hydrogens is 232 g/mol. The van der Waals surface area contributed by atoms with E-state index in [0.29, 0.717) is 0 Å². The van der Waals surface area contributed by atoms with Crippen LogP contribution in [0.15, 0.2) is 0 Å². The van der Waals surface area contributed by atoms with Crippen molar-refractivity contribution in [2.24, 2.45) is 5.92 Å². The van der Waals surface area contributed by atoms with Crippen LogP contribution < -0.4 is 5.32 Å². The first-order chi connectivity index (χ1) is 6.36. The maximum atomic E-state index is 10.6. The Hall–Kier alpha value is -0.0900. The molecule has 0 aromatic heterocycles. The first-order valence-corrected chi connectivity index (χ1v) is 5.95. The van der Waals surface area contributed by atoms with Crippen LogP contribution in [-0.2, 0) is 4.79 Å². The van der Waals surface area contributed by atoms with Gasteiger partial charge >= 0.3 is 0 Å². The largest absolute Gasteiger partial charge is 0.344 e. The standard InChI is InChI=1S/C9H17BrN2O/c10-3-4-11-5-6-12(8-13)7-9-1-2-9/h8-9,11H,1-7H2. The quantitative estimate of drug-likeness (QED) is 0.393. The molecule has 3 nitrogen and oxygen atoms in total. The lowest BCUT2D eigenvalue weighted by molar-refractivity contribution is -0.118. The average molecular weight is 249 g/mol. The Balaban J connectivity index is 1.97. The van der Waals surface area contributed by atoms with Gasteiger partial charge in [-0.05, 0) is 18.8 Å². The molecule has 0 bridgehead atoms. The van der Waals surface area contributed by atoms with E-state index in [1.807, 2.05) is 4.90 Å². The first-order valence-electron chi connectivity index (χ1n) is 4.83. The molecule has 0 atom stereocenters. The SMILES string of the molecule is O=CN(CCNCCBr)CC1CC1. The summed E-state index contributed by atoms with van der Waals surface area (Å²) in [7, 11) is 0. The van der Waals surface area contributed by atoms with Gasteiger partial charge in [0.25, 0.3) is 0 Å². The molecule has 0 unspecified atom stereocenters. The van der Waals surface area contributed by atoms with Gasteiger partial charge in [-0.3, -0.25) is 4.79 Å². The highest BCUT2D eigenvalue weighted by atomic mass is 79.9. The minimum Gasteiger partial charge on any atom is -0.344 e. The van der Waals surface area contributed by atoms with Gasteiger partial charge in [0, 0.05) is 31.5 Å². The summed E-state index contributed by atoms with van der Waals surface area (Å²) in [5, 5.41) is 4.22. The lowest BCUT2D eigenvalue weighted by Gasteiger charge is -2.16. The number of hydrogen-bond acceptors (Lipinski definition) is 2. The van der Waals surface area contributed by atoms with Crippen LogP contribution in [0.5, 0.6) is 0 Å². The molecule has 1 fully saturated rings. The third-order valence-corrected chi connectivity index (χ3v) is 2.58. The molecule has 1 N–H and O–H groups in total. The fourth-order valence-electron chi connectivity index (χ4n) is 1.23. The first kappa shape index (κ1) is 11.0. The summed E-state index contributed by atoms with van der Waals surface area (Å²) in [4.78, 5) is 12.5. The maximum Gasteiger partial charge on any atom is 0.209 e. The molecule has 1 aliphatic rings.